The van der Waals surface area contributed by atoms with E-state index in [1.54, 1.807) is 0 Å². The molecule has 1 aliphatic carbocycles. The normalized spacial score (nSPS) is 21.6. The molecule has 0 unspecified atom stereocenters. The van der Waals surface area contributed by atoms with Gasteiger partial charge in [0, 0.05) is 19.6 Å². The molecule has 0 bridgehead atoms. The van der Waals surface area contributed by atoms with E-state index in [4.69, 9.17) is 0 Å². The average Bonchev–Trinajstić information content (AvgIpc) is 2.82. The minimum absolute atomic E-state index is 0.489. The van der Waals surface area contributed by atoms with E-state index in [1.165, 1.54) is 43.4 Å². The minimum atomic E-state index is 0.489. The second-order valence-electron chi connectivity index (χ2n) is 5.55. The Morgan fingerprint density at radius 1 is 1.24 bits per heavy atom. The highest BCUT2D eigenvalue weighted by atomic mass is 16.3. The Morgan fingerprint density at radius 3 is 2.88 bits per heavy atom. The molecule has 1 aliphatic heterocycles. The molecule has 3 rings (SSSR count). The third kappa shape index (κ3) is 2.32. The number of rotatable bonds is 2. The van der Waals surface area contributed by atoms with Gasteiger partial charge in [-0.15, -0.1) is 0 Å². The average molecular weight is 231 g/mol. The summed E-state index contributed by atoms with van der Waals surface area (Å²) in [5.41, 5.74) is 2.50. The molecule has 0 saturated heterocycles. The van der Waals surface area contributed by atoms with Gasteiger partial charge in [0.05, 0.1) is 0 Å². The van der Waals surface area contributed by atoms with Crippen molar-refractivity contribution in [1.29, 1.82) is 0 Å². The topological polar surface area (TPSA) is 23.5 Å². The van der Waals surface area contributed by atoms with Crippen LogP contribution in [0.5, 0.6) is 5.75 Å². The van der Waals surface area contributed by atoms with Gasteiger partial charge in [-0.3, -0.25) is 4.90 Å². The number of phenolic OH excluding ortho intramolecular Hbond substituents is 1. The fraction of sp³-hybridized carbons (Fsp3) is 0.600. The fourth-order valence-corrected chi connectivity index (χ4v) is 3.36. The van der Waals surface area contributed by atoms with Crippen molar-refractivity contribution in [2.45, 2.75) is 38.6 Å². The van der Waals surface area contributed by atoms with E-state index in [2.05, 4.69) is 11.0 Å². The second-order valence-corrected chi connectivity index (χ2v) is 5.55. The van der Waals surface area contributed by atoms with Crippen molar-refractivity contribution < 1.29 is 5.11 Å². The predicted molar refractivity (Wildman–Crippen MR) is 69.0 cm³/mol. The molecule has 0 atom stereocenters. The molecule has 2 aliphatic rings. The van der Waals surface area contributed by atoms with Crippen LogP contribution in [-0.2, 0) is 13.0 Å². The number of fused-ring (bicyclic) bond motifs is 1. The summed E-state index contributed by atoms with van der Waals surface area (Å²) in [4.78, 5) is 2.57. The Kier molecular flexibility index (Phi) is 3.06. The molecule has 2 heteroatoms. The Balaban J connectivity index is 1.68. The van der Waals surface area contributed by atoms with Crippen LogP contribution in [0.4, 0.5) is 0 Å². The van der Waals surface area contributed by atoms with Crippen LogP contribution >= 0.6 is 0 Å². The first-order valence-electron chi connectivity index (χ1n) is 6.85. The fourth-order valence-electron chi connectivity index (χ4n) is 3.36. The zero-order valence-electron chi connectivity index (χ0n) is 10.4. The molecule has 1 aromatic rings. The van der Waals surface area contributed by atoms with Crippen molar-refractivity contribution in [1.82, 2.24) is 4.90 Å². The smallest absolute Gasteiger partial charge is 0.119 e. The standard InChI is InChI=1S/C15H21NO/c17-15-7-3-6-13-11-16(9-8-14(13)15)10-12-4-1-2-5-12/h3,6-7,12,17H,1-2,4-5,8-11H2. The van der Waals surface area contributed by atoms with Crippen molar-refractivity contribution in [2.75, 3.05) is 13.1 Å². The van der Waals surface area contributed by atoms with E-state index in [0.717, 1.165) is 25.4 Å². The first kappa shape index (κ1) is 11.1. The Labute approximate surface area is 103 Å². The molecule has 0 aromatic heterocycles. The van der Waals surface area contributed by atoms with Gasteiger partial charge in [0.1, 0.15) is 5.75 Å². The largest absolute Gasteiger partial charge is 0.508 e. The highest BCUT2D eigenvalue weighted by Gasteiger charge is 2.22. The number of aromatic hydroxyl groups is 1. The van der Waals surface area contributed by atoms with Crippen molar-refractivity contribution in [2.24, 2.45) is 5.92 Å². The zero-order valence-corrected chi connectivity index (χ0v) is 10.4. The summed E-state index contributed by atoms with van der Waals surface area (Å²) in [6, 6.07) is 5.94. The van der Waals surface area contributed by atoms with Gasteiger partial charge in [0.25, 0.3) is 0 Å². The highest BCUT2D eigenvalue weighted by molar-refractivity contribution is 5.40. The SMILES string of the molecule is Oc1cccc2c1CCN(CC1CCCC1)C2. The Hall–Kier alpha value is -1.02. The summed E-state index contributed by atoms with van der Waals surface area (Å²) >= 11 is 0. The first-order valence-corrected chi connectivity index (χ1v) is 6.85. The van der Waals surface area contributed by atoms with Crippen LogP contribution < -0.4 is 0 Å². The van der Waals surface area contributed by atoms with Crippen molar-refractivity contribution in [3.63, 3.8) is 0 Å². The summed E-state index contributed by atoms with van der Waals surface area (Å²) in [5, 5.41) is 9.81. The Bertz CT molecular complexity index is 396. The zero-order chi connectivity index (χ0) is 11.7. The van der Waals surface area contributed by atoms with Crippen LogP contribution in [0.15, 0.2) is 18.2 Å². The summed E-state index contributed by atoms with van der Waals surface area (Å²) in [6.45, 7) is 3.40. The van der Waals surface area contributed by atoms with Gasteiger partial charge in [-0.05, 0) is 42.4 Å². The monoisotopic (exact) mass is 231 g/mol. The lowest BCUT2D eigenvalue weighted by molar-refractivity contribution is 0.213. The molecule has 17 heavy (non-hydrogen) atoms. The van der Waals surface area contributed by atoms with Crippen molar-refractivity contribution in [3.05, 3.63) is 29.3 Å². The molecule has 0 spiro atoms. The summed E-state index contributed by atoms with van der Waals surface area (Å²) < 4.78 is 0. The van der Waals surface area contributed by atoms with Gasteiger partial charge in [-0.25, -0.2) is 0 Å². The molecule has 1 heterocycles. The van der Waals surface area contributed by atoms with Gasteiger partial charge in [-0.2, -0.15) is 0 Å². The summed E-state index contributed by atoms with van der Waals surface area (Å²) in [5.74, 6) is 1.41. The molecular formula is C15H21NO. The molecule has 92 valence electrons. The molecule has 1 saturated carbocycles. The number of hydrogen-bond acceptors (Lipinski definition) is 2. The van der Waals surface area contributed by atoms with E-state index >= 15 is 0 Å². The second kappa shape index (κ2) is 4.69. The molecule has 1 N–H and O–H groups in total. The third-order valence-corrected chi connectivity index (χ3v) is 4.31. The van der Waals surface area contributed by atoms with Gasteiger partial charge in [0.15, 0.2) is 0 Å². The van der Waals surface area contributed by atoms with Gasteiger partial charge < -0.3 is 5.11 Å². The molecular weight excluding hydrogens is 210 g/mol. The maximum absolute atomic E-state index is 9.81. The maximum atomic E-state index is 9.81. The number of benzene rings is 1. The Morgan fingerprint density at radius 2 is 2.06 bits per heavy atom. The number of phenols is 1. The molecule has 1 aromatic carbocycles. The van der Waals surface area contributed by atoms with E-state index in [0.29, 0.717) is 5.75 Å². The molecule has 0 radical (unpaired) electrons. The lowest BCUT2D eigenvalue weighted by Gasteiger charge is -2.31. The van der Waals surface area contributed by atoms with E-state index in [9.17, 15) is 5.11 Å². The summed E-state index contributed by atoms with van der Waals surface area (Å²) in [6.07, 6.45) is 6.70. The quantitative estimate of drug-likeness (QED) is 0.846. The molecule has 2 nitrogen and oxygen atoms in total. The number of nitrogens with zero attached hydrogens (tertiary/aromatic N) is 1. The van der Waals surface area contributed by atoms with Crippen LogP contribution in [0.3, 0.4) is 0 Å². The van der Waals surface area contributed by atoms with Crippen LogP contribution in [0.2, 0.25) is 0 Å². The highest BCUT2D eigenvalue weighted by Crippen LogP contribution is 2.30. The molecule has 0 amide bonds. The van der Waals surface area contributed by atoms with Crippen LogP contribution in [-0.4, -0.2) is 23.1 Å². The minimum Gasteiger partial charge on any atom is -0.508 e. The van der Waals surface area contributed by atoms with E-state index in [1.807, 2.05) is 12.1 Å². The van der Waals surface area contributed by atoms with E-state index < -0.39 is 0 Å². The van der Waals surface area contributed by atoms with Crippen molar-refractivity contribution >= 4 is 0 Å². The number of hydrogen-bond donors (Lipinski definition) is 1. The first-order chi connectivity index (χ1) is 8.33. The lowest BCUT2D eigenvalue weighted by Crippen LogP contribution is -2.34. The van der Waals surface area contributed by atoms with E-state index in [-0.39, 0.29) is 0 Å². The predicted octanol–water partition coefficient (Wildman–Crippen LogP) is 2.94. The van der Waals surface area contributed by atoms with Crippen LogP contribution in [0.25, 0.3) is 0 Å². The van der Waals surface area contributed by atoms with Gasteiger partial charge in [-0.1, -0.05) is 25.0 Å². The lowest BCUT2D eigenvalue weighted by atomic mass is 9.97. The van der Waals surface area contributed by atoms with Crippen LogP contribution in [0.1, 0.15) is 36.8 Å². The molecule has 1 fully saturated rings. The van der Waals surface area contributed by atoms with Gasteiger partial charge >= 0.3 is 0 Å². The van der Waals surface area contributed by atoms with Crippen molar-refractivity contribution in [3.8, 4) is 5.75 Å². The maximum Gasteiger partial charge on any atom is 0.119 e. The van der Waals surface area contributed by atoms with Gasteiger partial charge in [0.2, 0.25) is 0 Å². The third-order valence-electron chi connectivity index (χ3n) is 4.31. The summed E-state index contributed by atoms with van der Waals surface area (Å²) in [7, 11) is 0. The van der Waals surface area contributed by atoms with Crippen LogP contribution in [0, 0.1) is 5.92 Å².